The van der Waals surface area contributed by atoms with Crippen LogP contribution < -0.4 is 4.74 Å². The molecule has 0 heterocycles. The number of hydrogen-bond donors (Lipinski definition) is 0. The molecule has 0 radical (unpaired) electrons. The van der Waals surface area contributed by atoms with Crippen molar-refractivity contribution in [2.75, 3.05) is 0 Å². The van der Waals surface area contributed by atoms with Crippen molar-refractivity contribution in [1.82, 2.24) is 0 Å². The highest BCUT2D eigenvalue weighted by Gasteiger charge is 2.27. The average Bonchev–Trinajstić information content (AvgIpc) is 2.70. The van der Waals surface area contributed by atoms with Gasteiger partial charge < -0.3 is 4.74 Å². The molecule has 2 aliphatic carbocycles. The van der Waals surface area contributed by atoms with Crippen LogP contribution in [0.1, 0.15) is 102 Å². The van der Waals surface area contributed by atoms with E-state index in [4.69, 9.17) is 4.74 Å². The van der Waals surface area contributed by atoms with E-state index < -0.39 is 0 Å². The smallest absolute Gasteiger partial charge is 0.314 e. The quantitative estimate of drug-likeness (QED) is 0.372. The fourth-order valence-corrected chi connectivity index (χ4v) is 5.30. The minimum absolute atomic E-state index is 0.0160. The van der Waals surface area contributed by atoms with E-state index in [2.05, 4.69) is 26.0 Å². The Hall–Kier alpha value is -1.31. The summed E-state index contributed by atoms with van der Waals surface area (Å²) in [5.41, 5.74) is 1.42. The summed E-state index contributed by atoms with van der Waals surface area (Å²) in [7, 11) is 0. The van der Waals surface area contributed by atoms with Gasteiger partial charge in [0.05, 0.1) is 5.92 Å². The third-order valence-electron chi connectivity index (χ3n) is 6.99. The molecule has 2 saturated carbocycles. The molecule has 2 aliphatic rings. The van der Waals surface area contributed by atoms with Gasteiger partial charge in [-0.2, -0.15) is 0 Å². The second-order valence-corrected chi connectivity index (χ2v) is 9.00. The molecule has 0 saturated heterocycles. The zero-order valence-corrected chi connectivity index (χ0v) is 17.4. The molecule has 27 heavy (non-hydrogen) atoms. The zero-order valence-electron chi connectivity index (χ0n) is 17.4. The highest BCUT2D eigenvalue weighted by atomic mass is 16.5. The molecule has 2 heteroatoms. The Balaban J connectivity index is 1.46. The summed E-state index contributed by atoms with van der Waals surface area (Å²) in [5.74, 6) is 3.27. The van der Waals surface area contributed by atoms with Gasteiger partial charge >= 0.3 is 5.97 Å². The molecule has 0 amide bonds. The first-order chi connectivity index (χ1) is 13.2. The van der Waals surface area contributed by atoms with Crippen molar-refractivity contribution in [3.63, 3.8) is 0 Å². The maximum absolute atomic E-state index is 12.5. The van der Waals surface area contributed by atoms with Crippen LogP contribution in [0.25, 0.3) is 0 Å². The fourth-order valence-electron chi connectivity index (χ4n) is 5.30. The molecular formula is C25H38O2. The van der Waals surface area contributed by atoms with Crippen LogP contribution in [0.3, 0.4) is 0 Å². The molecule has 1 aromatic carbocycles. The number of carbonyl (C=O) groups is 1. The van der Waals surface area contributed by atoms with Gasteiger partial charge in [-0.05, 0) is 86.8 Å². The van der Waals surface area contributed by atoms with Crippen LogP contribution in [-0.2, 0) is 4.79 Å². The van der Waals surface area contributed by atoms with E-state index in [0.29, 0.717) is 5.92 Å². The van der Waals surface area contributed by atoms with Crippen molar-refractivity contribution in [1.29, 1.82) is 0 Å². The Kier molecular flexibility index (Phi) is 7.79. The van der Waals surface area contributed by atoms with Gasteiger partial charge in [0.1, 0.15) is 5.75 Å². The van der Waals surface area contributed by atoms with Crippen LogP contribution in [0.5, 0.6) is 5.75 Å². The SMILES string of the molecule is CCCC1CCC(C(=O)Oc2ccc([C@H]3CC[C@H](CCC)CC3)cc2)CC1. The maximum atomic E-state index is 12.5. The number of benzene rings is 1. The van der Waals surface area contributed by atoms with Crippen LogP contribution in [0.4, 0.5) is 0 Å². The molecule has 0 aliphatic heterocycles. The van der Waals surface area contributed by atoms with Crippen LogP contribution in [-0.4, -0.2) is 5.97 Å². The number of esters is 1. The molecule has 0 bridgehead atoms. The summed E-state index contributed by atoms with van der Waals surface area (Å²) in [4.78, 5) is 12.5. The lowest BCUT2D eigenvalue weighted by Crippen LogP contribution is -2.25. The minimum atomic E-state index is -0.0160. The molecule has 1 aromatic rings. The highest BCUT2D eigenvalue weighted by Crippen LogP contribution is 2.38. The van der Waals surface area contributed by atoms with Crippen molar-refractivity contribution in [2.24, 2.45) is 17.8 Å². The summed E-state index contributed by atoms with van der Waals surface area (Å²) in [5, 5.41) is 0. The lowest BCUT2D eigenvalue weighted by Gasteiger charge is -2.29. The van der Waals surface area contributed by atoms with Gasteiger partial charge in [-0.3, -0.25) is 4.79 Å². The van der Waals surface area contributed by atoms with Gasteiger partial charge in [0.15, 0.2) is 0 Å². The summed E-state index contributed by atoms with van der Waals surface area (Å²) in [6.45, 7) is 4.55. The maximum Gasteiger partial charge on any atom is 0.314 e. The fraction of sp³-hybridized carbons (Fsp3) is 0.720. The molecule has 150 valence electrons. The Morgan fingerprint density at radius 3 is 1.85 bits per heavy atom. The molecule has 2 fully saturated rings. The molecule has 0 N–H and O–H groups in total. The average molecular weight is 371 g/mol. The Morgan fingerprint density at radius 1 is 0.815 bits per heavy atom. The Labute approximate surface area is 166 Å². The van der Waals surface area contributed by atoms with Gasteiger partial charge in [-0.15, -0.1) is 0 Å². The van der Waals surface area contributed by atoms with Gasteiger partial charge in [0.25, 0.3) is 0 Å². The Morgan fingerprint density at radius 2 is 1.33 bits per heavy atom. The lowest BCUT2D eigenvalue weighted by atomic mass is 9.77. The first-order valence-corrected chi connectivity index (χ1v) is 11.5. The van der Waals surface area contributed by atoms with Gasteiger partial charge in [0, 0.05) is 0 Å². The number of ether oxygens (including phenoxy) is 1. The van der Waals surface area contributed by atoms with Crippen LogP contribution in [0.15, 0.2) is 24.3 Å². The second-order valence-electron chi connectivity index (χ2n) is 9.00. The van der Waals surface area contributed by atoms with E-state index in [9.17, 15) is 4.79 Å². The third-order valence-corrected chi connectivity index (χ3v) is 6.99. The van der Waals surface area contributed by atoms with Crippen molar-refractivity contribution in [3.05, 3.63) is 29.8 Å². The molecule has 0 atom stereocenters. The van der Waals surface area contributed by atoms with Gasteiger partial charge in [0.2, 0.25) is 0 Å². The largest absolute Gasteiger partial charge is 0.426 e. The molecule has 0 unspecified atom stereocenters. The standard InChI is InChI=1S/C25H38O2/c1-3-5-19-7-11-21(12-8-19)22-15-17-24(18-16-22)27-25(26)23-13-9-20(6-4-2)10-14-23/h15-21,23H,3-14H2,1-2H3/t19-,20?,21-,23?. The normalized spacial score (nSPS) is 28.7. The predicted molar refractivity (Wildman–Crippen MR) is 112 cm³/mol. The Bertz CT molecular complexity index is 560. The summed E-state index contributed by atoms with van der Waals surface area (Å²) in [6.07, 6.45) is 15.0. The summed E-state index contributed by atoms with van der Waals surface area (Å²) < 4.78 is 5.70. The molecular weight excluding hydrogens is 332 g/mol. The van der Waals surface area contributed by atoms with Crippen LogP contribution >= 0.6 is 0 Å². The molecule has 0 spiro atoms. The summed E-state index contributed by atoms with van der Waals surface area (Å²) in [6, 6.07) is 8.39. The van der Waals surface area contributed by atoms with E-state index in [1.54, 1.807) is 0 Å². The highest BCUT2D eigenvalue weighted by molar-refractivity contribution is 5.75. The van der Waals surface area contributed by atoms with E-state index in [-0.39, 0.29) is 11.9 Å². The van der Waals surface area contributed by atoms with Crippen molar-refractivity contribution in [2.45, 2.75) is 96.8 Å². The van der Waals surface area contributed by atoms with Crippen molar-refractivity contribution < 1.29 is 9.53 Å². The van der Waals surface area contributed by atoms with E-state index in [1.165, 1.54) is 69.8 Å². The summed E-state index contributed by atoms with van der Waals surface area (Å²) >= 11 is 0. The minimum Gasteiger partial charge on any atom is -0.426 e. The first-order valence-electron chi connectivity index (χ1n) is 11.5. The number of carbonyl (C=O) groups excluding carboxylic acids is 1. The van der Waals surface area contributed by atoms with Crippen LogP contribution in [0, 0.1) is 17.8 Å². The number of hydrogen-bond acceptors (Lipinski definition) is 2. The zero-order chi connectivity index (χ0) is 19.1. The van der Waals surface area contributed by atoms with Crippen molar-refractivity contribution in [3.8, 4) is 5.75 Å². The molecule has 2 nitrogen and oxygen atoms in total. The van der Waals surface area contributed by atoms with E-state index in [0.717, 1.165) is 30.4 Å². The van der Waals surface area contributed by atoms with Gasteiger partial charge in [-0.25, -0.2) is 0 Å². The lowest BCUT2D eigenvalue weighted by molar-refractivity contribution is -0.140. The number of rotatable bonds is 7. The van der Waals surface area contributed by atoms with Crippen molar-refractivity contribution >= 4 is 5.97 Å². The first kappa shape index (κ1) is 20.4. The molecule has 0 aromatic heterocycles. The van der Waals surface area contributed by atoms with Crippen LogP contribution in [0.2, 0.25) is 0 Å². The van der Waals surface area contributed by atoms with E-state index >= 15 is 0 Å². The van der Waals surface area contributed by atoms with Gasteiger partial charge in [-0.1, -0.05) is 51.7 Å². The third kappa shape index (κ3) is 5.83. The van der Waals surface area contributed by atoms with E-state index in [1.807, 2.05) is 12.1 Å². The second kappa shape index (κ2) is 10.3. The predicted octanol–water partition coefficient (Wildman–Crippen LogP) is 7.27. The molecule has 3 rings (SSSR count). The topological polar surface area (TPSA) is 26.3 Å². The monoisotopic (exact) mass is 370 g/mol.